The number of carbonyl (C=O) groups excluding carboxylic acids is 1. The Bertz CT molecular complexity index is 619. The lowest BCUT2D eigenvalue weighted by atomic mass is 10.2. The lowest BCUT2D eigenvalue weighted by Gasteiger charge is -2.15. The van der Waals surface area contributed by atoms with Gasteiger partial charge in [0.15, 0.2) is 6.10 Å². The summed E-state index contributed by atoms with van der Waals surface area (Å²) in [6, 6.07) is 13.7. The monoisotopic (exact) mass is 351 g/mol. The molecule has 1 atom stereocenters. The molecule has 5 heteroatoms. The molecule has 0 radical (unpaired) electrons. The van der Waals surface area contributed by atoms with E-state index in [1.165, 1.54) is 18.2 Å². The van der Waals surface area contributed by atoms with Crippen molar-refractivity contribution in [3.63, 3.8) is 0 Å². The zero-order chi connectivity index (χ0) is 15.2. The van der Waals surface area contributed by atoms with Gasteiger partial charge in [-0.05, 0) is 46.6 Å². The van der Waals surface area contributed by atoms with Crippen LogP contribution in [-0.2, 0) is 11.3 Å². The number of halogens is 2. The third-order valence-corrected chi connectivity index (χ3v) is 3.50. The summed E-state index contributed by atoms with van der Waals surface area (Å²) in [4.78, 5) is 12.0. The summed E-state index contributed by atoms with van der Waals surface area (Å²) in [6.45, 7) is 2.09. The van der Waals surface area contributed by atoms with Crippen LogP contribution in [0.3, 0.4) is 0 Å². The van der Waals surface area contributed by atoms with Gasteiger partial charge in [-0.3, -0.25) is 4.79 Å². The van der Waals surface area contributed by atoms with Gasteiger partial charge < -0.3 is 10.1 Å². The van der Waals surface area contributed by atoms with Gasteiger partial charge in [0.2, 0.25) is 0 Å². The Kier molecular flexibility index (Phi) is 5.33. The molecule has 0 aliphatic rings. The van der Waals surface area contributed by atoms with Gasteiger partial charge in [-0.15, -0.1) is 0 Å². The Morgan fingerprint density at radius 3 is 2.67 bits per heavy atom. The minimum absolute atomic E-state index is 0.227. The van der Waals surface area contributed by atoms with Crippen molar-refractivity contribution in [3.05, 3.63) is 64.4 Å². The van der Waals surface area contributed by atoms with Gasteiger partial charge in [0.1, 0.15) is 11.6 Å². The topological polar surface area (TPSA) is 38.3 Å². The maximum absolute atomic E-state index is 13.0. The smallest absolute Gasteiger partial charge is 0.261 e. The highest BCUT2D eigenvalue weighted by Gasteiger charge is 2.15. The molecule has 0 saturated heterocycles. The highest BCUT2D eigenvalue weighted by Crippen LogP contribution is 2.26. The first-order chi connectivity index (χ1) is 10.1. The van der Waals surface area contributed by atoms with Crippen LogP contribution in [0.5, 0.6) is 5.75 Å². The Labute approximate surface area is 131 Å². The van der Waals surface area contributed by atoms with E-state index in [9.17, 15) is 9.18 Å². The Morgan fingerprint density at radius 2 is 2.00 bits per heavy atom. The van der Waals surface area contributed by atoms with Crippen LogP contribution in [0, 0.1) is 5.82 Å². The Balaban J connectivity index is 1.90. The Morgan fingerprint density at radius 1 is 1.29 bits per heavy atom. The molecule has 0 saturated carbocycles. The molecule has 0 aromatic heterocycles. The normalized spacial score (nSPS) is 11.8. The molecule has 0 heterocycles. The molecule has 0 fully saturated rings. The molecule has 3 nitrogen and oxygen atoms in total. The third-order valence-electron chi connectivity index (χ3n) is 2.88. The SMILES string of the molecule is CC(Oc1ccc(F)cc1Br)C(=O)NCc1ccccc1. The second-order valence-corrected chi connectivity index (χ2v) is 5.39. The fourth-order valence-electron chi connectivity index (χ4n) is 1.74. The zero-order valence-electron chi connectivity index (χ0n) is 11.5. The predicted octanol–water partition coefficient (Wildman–Crippen LogP) is 3.67. The zero-order valence-corrected chi connectivity index (χ0v) is 13.1. The van der Waals surface area contributed by atoms with Crippen molar-refractivity contribution in [1.82, 2.24) is 5.32 Å². The standard InChI is InChI=1S/C16H15BrFNO2/c1-11(21-15-8-7-13(18)9-14(15)17)16(20)19-10-12-5-3-2-4-6-12/h2-9,11H,10H2,1H3,(H,19,20). The molecule has 0 spiro atoms. The first-order valence-electron chi connectivity index (χ1n) is 6.49. The number of carbonyl (C=O) groups is 1. The lowest BCUT2D eigenvalue weighted by molar-refractivity contribution is -0.127. The van der Waals surface area contributed by atoms with Crippen LogP contribution in [0.4, 0.5) is 4.39 Å². The molecular weight excluding hydrogens is 337 g/mol. The number of ether oxygens (including phenoxy) is 1. The predicted molar refractivity (Wildman–Crippen MR) is 82.5 cm³/mol. The van der Waals surface area contributed by atoms with Crippen LogP contribution in [0.25, 0.3) is 0 Å². The summed E-state index contributed by atoms with van der Waals surface area (Å²) in [5, 5.41) is 2.80. The molecule has 2 aromatic rings. The average molecular weight is 352 g/mol. The van der Waals surface area contributed by atoms with E-state index < -0.39 is 6.10 Å². The van der Waals surface area contributed by atoms with Gasteiger partial charge in [0, 0.05) is 6.54 Å². The van der Waals surface area contributed by atoms with Crippen molar-refractivity contribution in [2.24, 2.45) is 0 Å². The van der Waals surface area contributed by atoms with Crippen LogP contribution in [0.1, 0.15) is 12.5 Å². The van der Waals surface area contributed by atoms with Gasteiger partial charge in [0.05, 0.1) is 4.47 Å². The molecule has 0 aliphatic carbocycles. The molecule has 0 aliphatic heterocycles. The van der Waals surface area contributed by atoms with Gasteiger partial charge in [-0.2, -0.15) is 0 Å². The van der Waals surface area contributed by atoms with Gasteiger partial charge in [-0.1, -0.05) is 30.3 Å². The molecule has 21 heavy (non-hydrogen) atoms. The number of benzene rings is 2. The molecule has 1 N–H and O–H groups in total. The van der Waals surface area contributed by atoms with Gasteiger partial charge in [0.25, 0.3) is 5.91 Å². The summed E-state index contributed by atoms with van der Waals surface area (Å²) < 4.78 is 19.0. The maximum Gasteiger partial charge on any atom is 0.261 e. The number of hydrogen-bond donors (Lipinski definition) is 1. The minimum Gasteiger partial charge on any atom is -0.480 e. The van der Waals surface area contributed by atoms with E-state index >= 15 is 0 Å². The van der Waals surface area contributed by atoms with E-state index in [2.05, 4.69) is 21.2 Å². The summed E-state index contributed by atoms with van der Waals surface area (Å²) in [7, 11) is 0. The molecule has 2 aromatic carbocycles. The molecule has 1 amide bonds. The first-order valence-corrected chi connectivity index (χ1v) is 7.29. The molecule has 2 rings (SSSR count). The summed E-state index contributed by atoms with van der Waals surface area (Å²) >= 11 is 3.20. The Hall–Kier alpha value is -1.88. The highest BCUT2D eigenvalue weighted by molar-refractivity contribution is 9.10. The van der Waals surface area contributed by atoms with Crippen LogP contribution in [0.2, 0.25) is 0 Å². The van der Waals surface area contributed by atoms with Crippen LogP contribution in [-0.4, -0.2) is 12.0 Å². The van der Waals surface area contributed by atoms with E-state index in [0.717, 1.165) is 5.56 Å². The summed E-state index contributed by atoms with van der Waals surface area (Å²) in [5.41, 5.74) is 1.01. The van der Waals surface area contributed by atoms with Crippen molar-refractivity contribution in [2.45, 2.75) is 19.6 Å². The van der Waals surface area contributed by atoms with E-state index in [1.807, 2.05) is 30.3 Å². The van der Waals surface area contributed by atoms with Gasteiger partial charge in [-0.25, -0.2) is 4.39 Å². The number of hydrogen-bond acceptors (Lipinski definition) is 2. The molecular formula is C16H15BrFNO2. The number of nitrogens with one attached hydrogen (secondary N) is 1. The van der Waals surface area contributed by atoms with Gasteiger partial charge >= 0.3 is 0 Å². The molecule has 0 bridgehead atoms. The molecule has 110 valence electrons. The summed E-state index contributed by atoms with van der Waals surface area (Å²) in [5.74, 6) is -0.163. The quantitative estimate of drug-likeness (QED) is 0.892. The van der Waals surface area contributed by atoms with Crippen LogP contribution in [0.15, 0.2) is 53.0 Å². The lowest BCUT2D eigenvalue weighted by Crippen LogP contribution is -2.35. The summed E-state index contributed by atoms with van der Waals surface area (Å²) in [6.07, 6.45) is -0.671. The third kappa shape index (κ3) is 4.56. The van der Waals surface area contributed by atoms with Crippen molar-refractivity contribution < 1.29 is 13.9 Å². The van der Waals surface area contributed by atoms with E-state index in [-0.39, 0.29) is 11.7 Å². The second-order valence-electron chi connectivity index (χ2n) is 4.54. The van der Waals surface area contributed by atoms with E-state index in [1.54, 1.807) is 6.92 Å². The van der Waals surface area contributed by atoms with Crippen molar-refractivity contribution in [3.8, 4) is 5.75 Å². The van der Waals surface area contributed by atoms with Crippen LogP contribution >= 0.6 is 15.9 Å². The number of amides is 1. The van der Waals surface area contributed by atoms with Crippen molar-refractivity contribution in [1.29, 1.82) is 0 Å². The maximum atomic E-state index is 13.0. The fourth-order valence-corrected chi connectivity index (χ4v) is 2.19. The van der Waals surface area contributed by atoms with Crippen LogP contribution < -0.4 is 10.1 Å². The first kappa shape index (κ1) is 15.5. The average Bonchev–Trinajstić information content (AvgIpc) is 2.48. The largest absolute Gasteiger partial charge is 0.480 e. The minimum atomic E-state index is -0.671. The highest BCUT2D eigenvalue weighted by atomic mass is 79.9. The number of rotatable bonds is 5. The van der Waals surface area contributed by atoms with E-state index in [0.29, 0.717) is 16.8 Å². The van der Waals surface area contributed by atoms with Crippen molar-refractivity contribution in [2.75, 3.05) is 0 Å². The fraction of sp³-hybridized carbons (Fsp3) is 0.188. The van der Waals surface area contributed by atoms with Crippen molar-refractivity contribution >= 4 is 21.8 Å². The molecule has 1 unspecified atom stereocenters. The second kappa shape index (κ2) is 7.22. The van der Waals surface area contributed by atoms with E-state index in [4.69, 9.17) is 4.74 Å².